The third-order valence-electron chi connectivity index (χ3n) is 4.56. The fourth-order valence-corrected chi connectivity index (χ4v) is 3.16. The van der Waals surface area contributed by atoms with E-state index in [1.165, 1.54) is 0 Å². The summed E-state index contributed by atoms with van der Waals surface area (Å²) >= 11 is 0. The van der Waals surface area contributed by atoms with Crippen LogP contribution in [0.2, 0.25) is 0 Å². The summed E-state index contributed by atoms with van der Waals surface area (Å²) in [5, 5.41) is 8.09. The summed E-state index contributed by atoms with van der Waals surface area (Å²) in [6, 6.07) is 15.6. The summed E-state index contributed by atoms with van der Waals surface area (Å²) in [5.41, 5.74) is 1.71. The van der Waals surface area contributed by atoms with E-state index >= 15 is 0 Å². The number of hydrogen-bond acceptors (Lipinski definition) is 5. The standard InChI is InChI=1S/C19H20N6O/c26-19(14-17-15-21-22-25(17)16-6-2-1-3-7-16)24-12-10-23(11-13-24)18-8-4-5-9-20-18/h1-9,15H,10-14H2. The second-order valence-corrected chi connectivity index (χ2v) is 6.21. The first-order valence-electron chi connectivity index (χ1n) is 8.70. The molecule has 1 aliphatic rings. The van der Waals surface area contributed by atoms with Crippen LogP contribution in [0.25, 0.3) is 5.69 Å². The van der Waals surface area contributed by atoms with Crippen molar-refractivity contribution in [3.8, 4) is 5.69 Å². The maximum absolute atomic E-state index is 12.7. The first-order chi connectivity index (χ1) is 12.8. The predicted octanol–water partition coefficient (Wildman–Crippen LogP) is 1.55. The number of benzene rings is 1. The van der Waals surface area contributed by atoms with Crippen LogP contribution in [0.3, 0.4) is 0 Å². The fourth-order valence-electron chi connectivity index (χ4n) is 3.16. The fraction of sp³-hybridized carbons (Fsp3) is 0.263. The van der Waals surface area contributed by atoms with E-state index in [1.807, 2.05) is 53.4 Å². The summed E-state index contributed by atoms with van der Waals surface area (Å²) in [6.07, 6.45) is 3.76. The van der Waals surface area contributed by atoms with Crippen LogP contribution in [-0.2, 0) is 11.2 Å². The van der Waals surface area contributed by atoms with E-state index < -0.39 is 0 Å². The summed E-state index contributed by atoms with van der Waals surface area (Å²) < 4.78 is 1.72. The number of para-hydroxylation sites is 1. The molecule has 1 fully saturated rings. The van der Waals surface area contributed by atoms with Gasteiger partial charge in [0.05, 0.1) is 24.0 Å². The Morgan fingerprint density at radius 2 is 1.73 bits per heavy atom. The highest BCUT2D eigenvalue weighted by Gasteiger charge is 2.23. The monoisotopic (exact) mass is 348 g/mol. The van der Waals surface area contributed by atoms with Gasteiger partial charge in [-0.25, -0.2) is 9.67 Å². The molecule has 3 heterocycles. The van der Waals surface area contributed by atoms with Gasteiger partial charge in [-0.15, -0.1) is 5.10 Å². The number of amides is 1. The summed E-state index contributed by atoms with van der Waals surface area (Å²) in [6.45, 7) is 2.97. The Balaban J connectivity index is 1.39. The van der Waals surface area contributed by atoms with Crippen LogP contribution in [0, 0.1) is 0 Å². The van der Waals surface area contributed by atoms with Crippen molar-refractivity contribution in [1.82, 2.24) is 24.9 Å². The smallest absolute Gasteiger partial charge is 0.228 e. The molecule has 7 nitrogen and oxygen atoms in total. The molecule has 7 heteroatoms. The molecular weight excluding hydrogens is 328 g/mol. The van der Waals surface area contributed by atoms with Crippen molar-refractivity contribution in [2.24, 2.45) is 0 Å². The van der Waals surface area contributed by atoms with Gasteiger partial charge in [-0.05, 0) is 24.3 Å². The van der Waals surface area contributed by atoms with Crippen molar-refractivity contribution in [3.05, 3.63) is 66.6 Å². The maximum Gasteiger partial charge on any atom is 0.228 e. The van der Waals surface area contributed by atoms with Crippen molar-refractivity contribution in [2.75, 3.05) is 31.1 Å². The van der Waals surface area contributed by atoms with Gasteiger partial charge in [0.25, 0.3) is 0 Å². The van der Waals surface area contributed by atoms with E-state index in [4.69, 9.17) is 0 Å². The molecule has 1 amide bonds. The van der Waals surface area contributed by atoms with Crippen LogP contribution in [0.15, 0.2) is 60.9 Å². The van der Waals surface area contributed by atoms with Gasteiger partial charge >= 0.3 is 0 Å². The Labute approximate surface area is 151 Å². The van der Waals surface area contributed by atoms with E-state index in [9.17, 15) is 4.79 Å². The summed E-state index contributed by atoms with van der Waals surface area (Å²) in [4.78, 5) is 21.2. The Bertz CT molecular complexity index is 856. The second-order valence-electron chi connectivity index (χ2n) is 6.21. The van der Waals surface area contributed by atoms with E-state index in [-0.39, 0.29) is 5.91 Å². The molecule has 0 N–H and O–H groups in total. The number of carbonyl (C=O) groups excluding carboxylic acids is 1. The molecule has 0 radical (unpaired) electrons. The Hall–Kier alpha value is -3.22. The maximum atomic E-state index is 12.7. The van der Waals surface area contributed by atoms with Crippen molar-refractivity contribution in [1.29, 1.82) is 0 Å². The number of aromatic nitrogens is 4. The van der Waals surface area contributed by atoms with E-state index in [0.29, 0.717) is 19.5 Å². The number of rotatable bonds is 4. The number of hydrogen-bond donors (Lipinski definition) is 0. The molecule has 0 atom stereocenters. The lowest BCUT2D eigenvalue weighted by atomic mass is 10.2. The summed E-state index contributed by atoms with van der Waals surface area (Å²) in [7, 11) is 0. The molecule has 132 valence electrons. The molecule has 4 rings (SSSR count). The number of nitrogens with zero attached hydrogens (tertiary/aromatic N) is 6. The zero-order valence-electron chi connectivity index (χ0n) is 14.4. The van der Waals surface area contributed by atoms with Gasteiger partial charge < -0.3 is 9.80 Å². The van der Waals surface area contributed by atoms with Crippen molar-refractivity contribution >= 4 is 11.7 Å². The largest absolute Gasteiger partial charge is 0.353 e. The van der Waals surface area contributed by atoms with Crippen LogP contribution >= 0.6 is 0 Å². The van der Waals surface area contributed by atoms with Crippen molar-refractivity contribution in [2.45, 2.75) is 6.42 Å². The lowest BCUT2D eigenvalue weighted by Gasteiger charge is -2.35. The minimum absolute atomic E-state index is 0.102. The third-order valence-corrected chi connectivity index (χ3v) is 4.56. The van der Waals surface area contributed by atoms with Gasteiger partial charge in [-0.2, -0.15) is 0 Å². The zero-order valence-corrected chi connectivity index (χ0v) is 14.4. The lowest BCUT2D eigenvalue weighted by molar-refractivity contribution is -0.130. The normalized spacial score (nSPS) is 14.5. The number of pyridine rings is 1. The molecule has 0 aliphatic carbocycles. The van der Waals surface area contributed by atoms with E-state index in [1.54, 1.807) is 17.1 Å². The van der Waals surface area contributed by atoms with Gasteiger partial charge in [0.2, 0.25) is 5.91 Å². The Morgan fingerprint density at radius 1 is 0.962 bits per heavy atom. The van der Waals surface area contributed by atoms with E-state index in [0.717, 1.165) is 30.3 Å². The lowest BCUT2D eigenvalue weighted by Crippen LogP contribution is -2.49. The van der Waals surface area contributed by atoms with Gasteiger partial charge in [0.1, 0.15) is 5.82 Å². The predicted molar refractivity (Wildman–Crippen MR) is 98.1 cm³/mol. The van der Waals surface area contributed by atoms with Gasteiger partial charge in [-0.1, -0.05) is 29.5 Å². The highest BCUT2D eigenvalue weighted by Crippen LogP contribution is 2.14. The highest BCUT2D eigenvalue weighted by molar-refractivity contribution is 5.78. The number of piperazine rings is 1. The van der Waals surface area contributed by atoms with Crippen LogP contribution in [0.4, 0.5) is 5.82 Å². The minimum Gasteiger partial charge on any atom is -0.353 e. The molecule has 0 spiro atoms. The Kier molecular flexibility index (Phi) is 4.59. The molecule has 3 aromatic rings. The molecular formula is C19H20N6O. The summed E-state index contributed by atoms with van der Waals surface area (Å²) in [5.74, 6) is 1.07. The number of carbonyl (C=O) groups is 1. The minimum atomic E-state index is 0.102. The van der Waals surface area contributed by atoms with Crippen LogP contribution in [-0.4, -0.2) is 57.0 Å². The SMILES string of the molecule is O=C(Cc1cnnn1-c1ccccc1)N1CCN(c2ccccn2)CC1. The molecule has 1 saturated heterocycles. The number of anilines is 1. The molecule has 1 aliphatic heterocycles. The van der Waals surface area contributed by atoms with Crippen molar-refractivity contribution in [3.63, 3.8) is 0 Å². The molecule has 2 aromatic heterocycles. The Morgan fingerprint density at radius 3 is 2.46 bits per heavy atom. The molecule has 0 saturated carbocycles. The van der Waals surface area contributed by atoms with Crippen LogP contribution < -0.4 is 4.90 Å². The second kappa shape index (κ2) is 7.35. The first kappa shape index (κ1) is 16.3. The molecule has 0 bridgehead atoms. The third kappa shape index (κ3) is 3.42. The van der Waals surface area contributed by atoms with Gasteiger partial charge in [-0.3, -0.25) is 4.79 Å². The molecule has 26 heavy (non-hydrogen) atoms. The van der Waals surface area contributed by atoms with E-state index in [2.05, 4.69) is 20.2 Å². The average molecular weight is 348 g/mol. The van der Waals surface area contributed by atoms with Gasteiger partial charge in [0.15, 0.2) is 0 Å². The average Bonchev–Trinajstić information content (AvgIpc) is 3.17. The first-order valence-corrected chi connectivity index (χ1v) is 8.70. The van der Waals surface area contributed by atoms with Gasteiger partial charge in [0, 0.05) is 32.4 Å². The van der Waals surface area contributed by atoms with Crippen LogP contribution in [0.5, 0.6) is 0 Å². The quantitative estimate of drug-likeness (QED) is 0.716. The molecule has 1 aromatic carbocycles. The van der Waals surface area contributed by atoms with Crippen LogP contribution in [0.1, 0.15) is 5.69 Å². The highest BCUT2D eigenvalue weighted by atomic mass is 16.2. The zero-order chi connectivity index (χ0) is 17.8. The van der Waals surface area contributed by atoms with Crippen molar-refractivity contribution < 1.29 is 4.79 Å². The topological polar surface area (TPSA) is 67.2 Å². The molecule has 0 unspecified atom stereocenters.